The lowest BCUT2D eigenvalue weighted by Gasteiger charge is -2.32. The van der Waals surface area contributed by atoms with Gasteiger partial charge in [0.1, 0.15) is 11.6 Å². The second-order valence-corrected chi connectivity index (χ2v) is 7.99. The van der Waals surface area contributed by atoms with E-state index in [1.54, 1.807) is 36.3 Å². The van der Waals surface area contributed by atoms with Crippen molar-refractivity contribution in [2.45, 2.75) is 18.9 Å². The van der Waals surface area contributed by atoms with Crippen LogP contribution in [-0.2, 0) is 0 Å². The van der Waals surface area contributed by atoms with Crippen molar-refractivity contribution in [3.8, 4) is 5.75 Å². The summed E-state index contributed by atoms with van der Waals surface area (Å²) in [4.78, 5) is 48.1. The summed E-state index contributed by atoms with van der Waals surface area (Å²) in [7, 11) is 1.55. The molecule has 2 N–H and O–H groups in total. The maximum absolute atomic E-state index is 13.1. The summed E-state index contributed by atoms with van der Waals surface area (Å²) in [6.07, 6.45) is 3.86. The molecule has 35 heavy (non-hydrogen) atoms. The van der Waals surface area contributed by atoms with E-state index in [1.165, 1.54) is 36.7 Å². The first-order chi connectivity index (χ1) is 16.9. The molecule has 2 heterocycles. The maximum atomic E-state index is 13.1. The van der Waals surface area contributed by atoms with Gasteiger partial charge in [0.15, 0.2) is 11.5 Å². The van der Waals surface area contributed by atoms with Gasteiger partial charge in [0, 0.05) is 42.7 Å². The standard InChI is InChI=1S/C25H24FN5O4/c1-35-20-4-2-3-17(15-20)25(34)31-13-9-19(10-14-31)29-24(33)21-22(28-12-11-27-21)30-23(32)16-5-7-18(26)8-6-16/h2-8,11-12,15,19H,9-10,13-14H2,1H3,(H,29,33)(H,28,30,32). The number of nitrogens with one attached hydrogen (secondary N) is 2. The molecule has 180 valence electrons. The molecule has 10 heteroatoms. The number of hydrogen-bond donors (Lipinski definition) is 2. The van der Waals surface area contributed by atoms with Crippen LogP contribution in [0.15, 0.2) is 60.9 Å². The molecule has 2 aromatic carbocycles. The van der Waals surface area contributed by atoms with E-state index in [-0.39, 0.29) is 29.0 Å². The summed E-state index contributed by atoms with van der Waals surface area (Å²) in [6, 6.07) is 11.8. The lowest BCUT2D eigenvalue weighted by molar-refractivity contribution is 0.0697. The SMILES string of the molecule is COc1cccc(C(=O)N2CCC(NC(=O)c3nccnc3NC(=O)c3ccc(F)cc3)CC2)c1. The van der Waals surface area contributed by atoms with Crippen LogP contribution in [0.1, 0.15) is 44.0 Å². The number of halogens is 1. The van der Waals surface area contributed by atoms with Crippen molar-refractivity contribution in [2.24, 2.45) is 0 Å². The second-order valence-electron chi connectivity index (χ2n) is 7.99. The van der Waals surface area contributed by atoms with Crippen LogP contribution in [0.3, 0.4) is 0 Å². The molecule has 1 aliphatic heterocycles. The summed E-state index contributed by atoms with van der Waals surface area (Å²) >= 11 is 0. The Morgan fingerprint density at radius 3 is 2.40 bits per heavy atom. The van der Waals surface area contributed by atoms with Gasteiger partial charge in [-0.2, -0.15) is 0 Å². The van der Waals surface area contributed by atoms with Crippen molar-refractivity contribution >= 4 is 23.5 Å². The van der Waals surface area contributed by atoms with Crippen molar-refractivity contribution in [1.29, 1.82) is 0 Å². The summed E-state index contributed by atoms with van der Waals surface area (Å²) in [5.74, 6) is -0.950. The zero-order valence-corrected chi connectivity index (χ0v) is 19.0. The van der Waals surface area contributed by atoms with Crippen LogP contribution in [0.4, 0.5) is 10.2 Å². The minimum Gasteiger partial charge on any atom is -0.497 e. The van der Waals surface area contributed by atoms with Crippen LogP contribution in [0.2, 0.25) is 0 Å². The summed E-state index contributed by atoms with van der Waals surface area (Å²) in [5.41, 5.74) is 0.738. The molecule has 0 bridgehead atoms. The molecule has 9 nitrogen and oxygen atoms in total. The Bertz CT molecular complexity index is 1230. The fraction of sp³-hybridized carbons (Fsp3) is 0.240. The average molecular weight is 477 g/mol. The average Bonchev–Trinajstić information content (AvgIpc) is 2.89. The predicted molar refractivity (Wildman–Crippen MR) is 126 cm³/mol. The van der Waals surface area contributed by atoms with Crippen molar-refractivity contribution in [1.82, 2.24) is 20.2 Å². The van der Waals surface area contributed by atoms with Crippen molar-refractivity contribution in [3.05, 3.63) is 83.6 Å². The lowest BCUT2D eigenvalue weighted by atomic mass is 10.0. The minimum absolute atomic E-state index is 0.00460. The van der Waals surface area contributed by atoms with Crippen LogP contribution in [0, 0.1) is 5.82 Å². The Morgan fingerprint density at radius 1 is 0.971 bits per heavy atom. The highest BCUT2D eigenvalue weighted by Crippen LogP contribution is 2.19. The number of anilines is 1. The number of nitrogens with zero attached hydrogens (tertiary/aromatic N) is 3. The highest BCUT2D eigenvalue weighted by molar-refractivity contribution is 6.07. The number of likely N-dealkylation sites (tertiary alicyclic amines) is 1. The number of rotatable bonds is 6. The molecule has 0 atom stereocenters. The van der Waals surface area contributed by atoms with E-state index in [1.807, 2.05) is 0 Å². The zero-order valence-electron chi connectivity index (χ0n) is 19.0. The first kappa shape index (κ1) is 23.8. The number of benzene rings is 2. The van der Waals surface area contributed by atoms with E-state index >= 15 is 0 Å². The van der Waals surface area contributed by atoms with E-state index < -0.39 is 17.6 Å². The van der Waals surface area contributed by atoms with Gasteiger partial charge in [-0.25, -0.2) is 14.4 Å². The smallest absolute Gasteiger partial charge is 0.273 e. The Hall–Kier alpha value is -4.34. The lowest BCUT2D eigenvalue weighted by Crippen LogP contribution is -2.46. The number of piperidine rings is 1. The molecule has 0 unspecified atom stereocenters. The largest absolute Gasteiger partial charge is 0.497 e. The number of aromatic nitrogens is 2. The van der Waals surface area contributed by atoms with E-state index in [0.29, 0.717) is 37.2 Å². The molecule has 1 saturated heterocycles. The predicted octanol–water partition coefficient (Wildman–Crippen LogP) is 2.91. The van der Waals surface area contributed by atoms with Crippen molar-refractivity contribution < 1.29 is 23.5 Å². The minimum atomic E-state index is -0.538. The molecule has 0 radical (unpaired) electrons. The van der Waals surface area contributed by atoms with E-state index in [4.69, 9.17) is 4.74 Å². The topological polar surface area (TPSA) is 114 Å². The van der Waals surface area contributed by atoms with Gasteiger partial charge in [0.2, 0.25) is 0 Å². The Balaban J connectivity index is 1.35. The van der Waals surface area contributed by atoms with Gasteiger partial charge in [0.25, 0.3) is 17.7 Å². The van der Waals surface area contributed by atoms with Crippen LogP contribution in [0.5, 0.6) is 5.75 Å². The van der Waals surface area contributed by atoms with Crippen molar-refractivity contribution in [3.63, 3.8) is 0 Å². The second kappa shape index (κ2) is 10.7. The number of carbonyl (C=O) groups excluding carboxylic acids is 3. The molecular formula is C25H24FN5O4. The fourth-order valence-corrected chi connectivity index (χ4v) is 3.80. The van der Waals surface area contributed by atoms with E-state index in [0.717, 1.165) is 0 Å². The van der Waals surface area contributed by atoms with Gasteiger partial charge in [-0.3, -0.25) is 14.4 Å². The monoisotopic (exact) mass is 477 g/mol. The van der Waals surface area contributed by atoms with E-state index in [9.17, 15) is 18.8 Å². The zero-order chi connectivity index (χ0) is 24.8. The number of amides is 3. The molecule has 0 spiro atoms. The van der Waals surface area contributed by atoms with Gasteiger partial charge in [-0.05, 0) is 55.3 Å². The van der Waals surface area contributed by atoms with Crippen LogP contribution in [0.25, 0.3) is 0 Å². The normalized spacial score (nSPS) is 13.7. The number of methoxy groups -OCH3 is 1. The maximum Gasteiger partial charge on any atom is 0.273 e. The molecule has 0 saturated carbocycles. The molecular weight excluding hydrogens is 453 g/mol. The highest BCUT2D eigenvalue weighted by atomic mass is 19.1. The van der Waals surface area contributed by atoms with Gasteiger partial charge in [-0.15, -0.1) is 0 Å². The van der Waals surface area contributed by atoms with Gasteiger partial charge in [0.05, 0.1) is 7.11 Å². The molecule has 0 aliphatic carbocycles. The van der Waals surface area contributed by atoms with E-state index in [2.05, 4.69) is 20.6 Å². The molecule has 1 fully saturated rings. The van der Waals surface area contributed by atoms with Gasteiger partial charge >= 0.3 is 0 Å². The summed E-state index contributed by atoms with van der Waals surface area (Å²) < 4.78 is 18.3. The Kier molecular flexibility index (Phi) is 7.30. The number of carbonyl (C=O) groups is 3. The highest BCUT2D eigenvalue weighted by Gasteiger charge is 2.26. The van der Waals surface area contributed by atoms with Crippen LogP contribution in [-0.4, -0.2) is 58.8 Å². The molecule has 3 amide bonds. The molecule has 1 aliphatic rings. The third-order valence-corrected chi connectivity index (χ3v) is 5.69. The molecule has 1 aromatic heterocycles. The Labute approximate surface area is 201 Å². The molecule has 4 rings (SSSR count). The van der Waals surface area contributed by atoms with Crippen LogP contribution >= 0.6 is 0 Å². The number of hydrogen-bond acceptors (Lipinski definition) is 6. The number of ether oxygens (including phenoxy) is 1. The third-order valence-electron chi connectivity index (χ3n) is 5.69. The van der Waals surface area contributed by atoms with Gasteiger partial charge < -0.3 is 20.3 Å². The Morgan fingerprint density at radius 2 is 1.69 bits per heavy atom. The first-order valence-corrected chi connectivity index (χ1v) is 11.1. The third kappa shape index (κ3) is 5.78. The van der Waals surface area contributed by atoms with Crippen LogP contribution < -0.4 is 15.4 Å². The van der Waals surface area contributed by atoms with Gasteiger partial charge in [-0.1, -0.05) is 6.07 Å². The quantitative estimate of drug-likeness (QED) is 0.565. The summed E-state index contributed by atoms with van der Waals surface area (Å²) in [6.45, 7) is 0.964. The fourth-order valence-electron chi connectivity index (χ4n) is 3.80. The van der Waals surface area contributed by atoms with Crippen molar-refractivity contribution in [2.75, 3.05) is 25.5 Å². The first-order valence-electron chi connectivity index (χ1n) is 11.1. The summed E-state index contributed by atoms with van der Waals surface area (Å²) in [5, 5.41) is 5.47. The molecule has 3 aromatic rings.